The van der Waals surface area contributed by atoms with Gasteiger partial charge < -0.3 is 28.4 Å². The smallest absolute Gasteiger partial charge is 0.330 e. The molecule has 148 valence electrons. The first-order valence-corrected chi connectivity index (χ1v) is 7.81. The van der Waals surface area contributed by atoms with Gasteiger partial charge in [-0.3, -0.25) is 0 Å². The van der Waals surface area contributed by atoms with E-state index in [0.29, 0.717) is 39.6 Å². The molecule has 0 unspecified atom stereocenters. The molecule has 0 aromatic carbocycles. The van der Waals surface area contributed by atoms with Crippen LogP contribution in [0.3, 0.4) is 0 Å². The van der Waals surface area contributed by atoms with Gasteiger partial charge in [0.2, 0.25) is 0 Å². The van der Waals surface area contributed by atoms with Crippen molar-refractivity contribution in [1.29, 1.82) is 0 Å². The quantitative estimate of drug-likeness (QED) is 0.175. The normalized spacial score (nSPS) is 8.92. The predicted molar refractivity (Wildman–Crippen MR) is 96.2 cm³/mol. The van der Waals surface area contributed by atoms with Crippen LogP contribution in [-0.4, -0.2) is 64.8 Å². The van der Waals surface area contributed by atoms with Gasteiger partial charge in [-0.15, -0.1) is 0 Å². The fourth-order valence-corrected chi connectivity index (χ4v) is 1.11. The van der Waals surface area contributed by atoms with Gasteiger partial charge in [0.25, 0.3) is 0 Å². The molecule has 0 atom stereocenters. The zero-order valence-electron chi connectivity index (χ0n) is 15.1. The molecule has 0 saturated heterocycles. The third kappa shape index (κ3) is 23.7. The summed E-state index contributed by atoms with van der Waals surface area (Å²) in [7, 11) is 0. The number of carbonyl (C=O) groups excluding carboxylic acids is 2. The maximum Gasteiger partial charge on any atom is 0.330 e. The molecule has 0 aromatic rings. The molecule has 0 aliphatic heterocycles. The molecular formula is C18H28O8. The van der Waals surface area contributed by atoms with E-state index in [1.807, 2.05) is 0 Å². The molecule has 0 rings (SSSR count). The molecule has 26 heavy (non-hydrogen) atoms. The topological polar surface area (TPSA) is 89.5 Å². The predicted octanol–water partition coefficient (Wildman–Crippen LogP) is 1.78. The molecule has 0 heterocycles. The van der Waals surface area contributed by atoms with Crippen LogP contribution in [0.2, 0.25) is 0 Å². The van der Waals surface area contributed by atoms with Gasteiger partial charge in [-0.1, -0.05) is 26.3 Å². The lowest BCUT2D eigenvalue weighted by Gasteiger charge is -2.03. The first kappa shape index (κ1) is 25.7. The van der Waals surface area contributed by atoms with E-state index in [-0.39, 0.29) is 13.2 Å². The van der Waals surface area contributed by atoms with Gasteiger partial charge in [0, 0.05) is 12.2 Å². The molecule has 8 heteroatoms. The van der Waals surface area contributed by atoms with E-state index >= 15 is 0 Å². The van der Waals surface area contributed by atoms with Crippen LogP contribution in [0, 0.1) is 0 Å². The molecule has 0 saturated carbocycles. The second-order valence-electron chi connectivity index (χ2n) is 4.04. The van der Waals surface area contributed by atoms with Gasteiger partial charge >= 0.3 is 11.9 Å². The van der Waals surface area contributed by atoms with Crippen molar-refractivity contribution in [3.05, 3.63) is 51.0 Å². The van der Waals surface area contributed by atoms with Gasteiger partial charge in [-0.25, -0.2) is 9.59 Å². The highest BCUT2D eigenvalue weighted by molar-refractivity contribution is 5.81. The Labute approximate surface area is 154 Å². The first-order valence-electron chi connectivity index (χ1n) is 7.81. The Balaban J connectivity index is 0. The van der Waals surface area contributed by atoms with E-state index in [0.717, 1.165) is 12.2 Å². The number of hydrogen-bond donors (Lipinski definition) is 0. The molecule has 0 aliphatic rings. The second kappa shape index (κ2) is 22.4. The maximum atomic E-state index is 10.5. The molecule has 0 spiro atoms. The lowest BCUT2D eigenvalue weighted by molar-refractivity contribution is -0.140. The summed E-state index contributed by atoms with van der Waals surface area (Å²) in [5.74, 6) is -0.878. The summed E-state index contributed by atoms with van der Waals surface area (Å²) in [6, 6.07) is 0. The van der Waals surface area contributed by atoms with Crippen LogP contribution in [0.1, 0.15) is 0 Å². The van der Waals surface area contributed by atoms with Gasteiger partial charge in [-0.05, 0) is 0 Å². The average molecular weight is 372 g/mol. The van der Waals surface area contributed by atoms with Gasteiger partial charge in [0.05, 0.1) is 39.0 Å². The van der Waals surface area contributed by atoms with Crippen molar-refractivity contribution in [2.45, 2.75) is 0 Å². The Morgan fingerprint density at radius 1 is 0.577 bits per heavy atom. The van der Waals surface area contributed by atoms with Crippen molar-refractivity contribution >= 4 is 11.9 Å². The number of hydrogen-bond acceptors (Lipinski definition) is 8. The SMILES string of the molecule is C=COCCOCCOC(=O)C=C.C=COCCOCCOC(=O)C=C. The Morgan fingerprint density at radius 2 is 0.923 bits per heavy atom. The maximum absolute atomic E-state index is 10.5. The first-order chi connectivity index (χ1) is 12.6. The van der Waals surface area contributed by atoms with Gasteiger partial charge in [-0.2, -0.15) is 0 Å². The lowest BCUT2D eigenvalue weighted by Crippen LogP contribution is -2.10. The van der Waals surface area contributed by atoms with Crippen LogP contribution in [0.15, 0.2) is 51.0 Å². The van der Waals surface area contributed by atoms with E-state index in [9.17, 15) is 9.59 Å². The summed E-state index contributed by atoms with van der Waals surface area (Å²) in [5.41, 5.74) is 0. The molecule has 0 aliphatic carbocycles. The van der Waals surface area contributed by atoms with Gasteiger partial charge in [0.15, 0.2) is 0 Å². The van der Waals surface area contributed by atoms with Gasteiger partial charge in [0.1, 0.15) is 26.4 Å². The number of ether oxygens (including phenoxy) is 6. The van der Waals surface area contributed by atoms with Crippen LogP contribution in [0.4, 0.5) is 0 Å². The molecule has 0 aromatic heterocycles. The van der Waals surface area contributed by atoms with Crippen LogP contribution in [0.25, 0.3) is 0 Å². The highest BCUT2D eigenvalue weighted by Gasteiger charge is 1.95. The average Bonchev–Trinajstić information content (AvgIpc) is 2.66. The summed E-state index contributed by atoms with van der Waals surface area (Å²) in [5, 5.41) is 0. The summed E-state index contributed by atoms with van der Waals surface area (Å²) >= 11 is 0. The minimum Gasteiger partial charge on any atom is -0.499 e. The zero-order chi connectivity index (χ0) is 19.9. The van der Waals surface area contributed by atoms with E-state index in [4.69, 9.17) is 18.9 Å². The summed E-state index contributed by atoms with van der Waals surface area (Å²) < 4.78 is 29.0. The van der Waals surface area contributed by atoms with E-state index in [1.165, 1.54) is 12.5 Å². The Kier molecular flexibility index (Phi) is 22.1. The van der Waals surface area contributed by atoms with Crippen LogP contribution < -0.4 is 0 Å². The highest BCUT2D eigenvalue weighted by Crippen LogP contribution is 1.83. The standard InChI is InChI=1S/2C9H14O4/c2*1-3-9(10)13-8-7-12-6-5-11-4-2/h2*3-4H,1-2,5-8H2. The Morgan fingerprint density at radius 3 is 1.23 bits per heavy atom. The summed E-state index contributed by atoms with van der Waals surface area (Å²) in [6.07, 6.45) is 4.92. The van der Waals surface area contributed by atoms with Crippen LogP contribution in [-0.2, 0) is 38.0 Å². The summed E-state index contributed by atoms with van der Waals surface area (Å²) in [6.45, 7) is 16.3. The number of rotatable bonds is 16. The molecule has 0 N–H and O–H groups in total. The van der Waals surface area contributed by atoms with E-state index in [1.54, 1.807) is 0 Å². The minimum absolute atomic E-state index is 0.235. The Hall–Kier alpha value is -2.58. The molecular weight excluding hydrogens is 344 g/mol. The van der Waals surface area contributed by atoms with Crippen molar-refractivity contribution in [3.63, 3.8) is 0 Å². The zero-order valence-corrected chi connectivity index (χ0v) is 15.1. The largest absolute Gasteiger partial charge is 0.499 e. The third-order valence-corrected chi connectivity index (χ3v) is 2.20. The van der Waals surface area contributed by atoms with E-state index in [2.05, 4.69) is 35.8 Å². The number of carbonyl (C=O) groups is 2. The highest BCUT2D eigenvalue weighted by atomic mass is 16.6. The van der Waals surface area contributed by atoms with Crippen molar-refractivity contribution < 1.29 is 38.0 Å². The monoisotopic (exact) mass is 372 g/mol. The summed E-state index contributed by atoms with van der Waals surface area (Å²) in [4.78, 5) is 21.0. The molecule has 0 amide bonds. The fourth-order valence-electron chi connectivity index (χ4n) is 1.11. The number of esters is 2. The van der Waals surface area contributed by atoms with Crippen molar-refractivity contribution in [2.24, 2.45) is 0 Å². The molecule has 8 nitrogen and oxygen atoms in total. The van der Waals surface area contributed by atoms with Crippen LogP contribution >= 0.6 is 0 Å². The molecule has 0 bridgehead atoms. The Bertz CT molecular complexity index is 368. The van der Waals surface area contributed by atoms with E-state index < -0.39 is 11.9 Å². The fraction of sp³-hybridized carbons (Fsp3) is 0.444. The van der Waals surface area contributed by atoms with Crippen molar-refractivity contribution in [2.75, 3.05) is 52.9 Å². The molecule has 0 radical (unpaired) electrons. The van der Waals surface area contributed by atoms with Crippen molar-refractivity contribution in [3.8, 4) is 0 Å². The van der Waals surface area contributed by atoms with Crippen LogP contribution in [0.5, 0.6) is 0 Å². The van der Waals surface area contributed by atoms with Crippen molar-refractivity contribution in [1.82, 2.24) is 0 Å². The lowest BCUT2D eigenvalue weighted by atomic mass is 10.6. The minimum atomic E-state index is -0.439. The molecule has 0 fully saturated rings. The second-order valence-corrected chi connectivity index (χ2v) is 4.04. The third-order valence-electron chi connectivity index (χ3n) is 2.20.